The quantitative estimate of drug-likeness (QED) is 0.151. The fourth-order valence-electron chi connectivity index (χ4n) is 5.32. The second-order valence-electron chi connectivity index (χ2n) is 12.1. The van der Waals surface area contributed by atoms with Gasteiger partial charge in [-0.25, -0.2) is 4.79 Å². The van der Waals surface area contributed by atoms with Crippen LogP contribution in [0.1, 0.15) is 75.5 Å². The average Bonchev–Trinajstić information content (AvgIpc) is 3.43. The van der Waals surface area contributed by atoms with E-state index in [4.69, 9.17) is 21.7 Å². The minimum Gasteiger partial charge on any atom is -0.494 e. The third-order valence-corrected chi connectivity index (χ3v) is 11.0. The van der Waals surface area contributed by atoms with Crippen molar-refractivity contribution in [2.24, 2.45) is 0 Å². The Balaban J connectivity index is 1.67. The Bertz CT molecular complexity index is 1680. The van der Waals surface area contributed by atoms with Crippen molar-refractivity contribution in [2.45, 2.75) is 59.4 Å². The molecule has 2 heterocycles. The van der Waals surface area contributed by atoms with Gasteiger partial charge in [-0.05, 0) is 74.6 Å². The van der Waals surface area contributed by atoms with E-state index in [0.717, 1.165) is 37.1 Å². The van der Waals surface area contributed by atoms with Gasteiger partial charge in [0.05, 0.1) is 33.5 Å². The number of carbonyl (C=O) groups is 2. The lowest BCUT2D eigenvalue weighted by Gasteiger charge is -2.45. The van der Waals surface area contributed by atoms with Crippen LogP contribution in [0.4, 0.5) is 5.69 Å². The van der Waals surface area contributed by atoms with Crippen LogP contribution in [0.2, 0.25) is 0 Å². The number of ether oxygens (including phenoxy) is 2. The van der Waals surface area contributed by atoms with Gasteiger partial charge in [-0.3, -0.25) is 9.69 Å². The molecule has 5 rings (SSSR count). The van der Waals surface area contributed by atoms with Crippen LogP contribution >= 0.6 is 35.7 Å². The molecule has 228 valence electrons. The molecule has 0 aromatic heterocycles. The zero-order chi connectivity index (χ0) is 31.8. The van der Waals surface area contributed by atoms with E-state index < -0.39 is 5.54 Å². The first-order valence-electron chi connectivity index (χ1n) is 14.7. The number of thioether (sulfide) groups is 2. The predicted molar refractivity (Wildman–Crippen MR) is 188 cm³/mol. The molecule has 44 heavy (non-hydrogen) atoms. The number of carbonyl (C=O) groups excluding carboxylic acids is 2. The van der Waals surface area contributed by atoms with Crippen LogP contribution in [0, 0.1) is 0 Å². The molecule has 0 unspecified atom stereocenters. The van der Waals surface area contributed by atoms with E-state index in [-0.39, 0.29) is 23.9 Å². The SMILES string of the molecule is CCOC(=O)C1=C(c2ccccc2)SC(=C2C(=S)C(C)(C)N(C(=O)c3ccc(C(C)(C)C)cc3)c3ccc(OCC)cc32)S1. The van der Waals surface area contributed by atoms with Crippen LogP contribution in [-0.4, -0.2) is 35.5 Å². The maximum atomic E-state index is 14.3. The van der Waals surface area contributed by atoms with Crippen molar-refractivity contribution >= 4 is 68.6 Å². The summed E-state index contributed by atoms with van der Waals surface area (Å²) in [6.45, 7) is 15.0. The van der Waals surface area contributed by atoms with E-state index in [0.29, 0.717) is 27.7 Å². The third kappa shape index (κ3) is 6.00. The van der Waals surface area contributed by atoms with Gasteiger partial charge in [0, 0.05) is 21.6 Å². The summed E-state index contributed by atoms with van der Waals surface area (Å²) in [5.74, 6) is 0.192. The molecular formula is C36H37NO4S3. The topological polar surface area (TPSA) is 55.8 Å². The second-order valence-corrected chi connectivity index (χ2v) is 14.8. The number of hydrogen-bond acceptors (Lipinski definition) is 7. The first kappa shape index (κ1) is 32.1. The van der Waals surface area contributed by atoms with Crippen LogP contribution in [0.3, 0.4) is 0 Å². The standard InChI is InChI=1S/C36H37NO4S3/c1-8-40-25-19-20-27-26(21-25)28(34-43-29(22-13-11-10-12-14-22)30(44-34)33(39)41-9-2)31(42)36(6,7)37(27)32(38)23-15-17-24(18-16-23)35(3,4)5/h10-21H,8-9H2,1-7H3. The monoisotopic (exact) mass is 643 g/mol. The highest BCUT2D eigenvalue weighted by Gasteiger charge is 2.46. The Morgan fingerprint density at radius 1 is 0.909 bits per heavy atom. The Morgan fingerprint density at radius 2 is 1.59 bits per heavy atom. The van der Waals surface area contributed by atoms with Crippen LogP contribution in [0.15, 0.2) is 81.9 Å². The van der Waals surface area contributed by atoms with Gasteiger partial charge < -0.3 is 9.47 Å². The van der Waals surface area contributed by atoms with Gasteiger partial charge in [0.15, 0.2) is 0 Å². The number of fused-ring (bicyclic) bond motifs is 1. The smallest absolute Gasteiger partial charge is 0.346 e. The molecule has 2 aliphatic rings. The van der Waals surface area contributed by atoms with E-state index in [1.807, 2.05) is 93.6 Å². The number of esters is 1. The van der Waals surface area contributed by atoms with Crippen molar-refractivity contribution in [3.05, 3.63) is 104 Å². The van der Waals surface area contributed by atoms with E-state index in [1.165, 1.54) is 23.5 Å². The summed E-state index contributed by atoms with van der Waals surface area (Å²) in [5.41, 5.74) is 4.18. The van der Waals surface area contributed by atoms with Gasteiger partial charge in [-0.15, -0.1) is 0 Å². The molecule has 0 radical (unpaired) electrons. The number of rotatable bonds is 6. The van der Waals surface area contributed by atoms with Gasteiger partial charge in [0.2, 0.25) is 0 Å². The molecule has 0 spiro atoms. The maximum Gasteiger partial charge on any atom is 0.346 e. The molecule has 0 saturated heterocycles. The number of nitrogens with zero attached hydrogens (tertiary/aromatic N) is 1. The van der Waals surface area contributed by atoms with Crippen LogP contribution in [0.25, 0.3) is 10.5 Å². The van der Waals surface area contributed by atoms with E-state index in [1.54, 1.807) is 11.8 Å². The van der Waals surface area contributed by atoms with Crippen molar-refractivity contribution in [2.75, 3.05) is 18.1 Å². The third-order valence-electron chi connectivity index (χ3n) is 7.63. The van der Waals surface area contributed by atoms with Crippen molar-refractivity contribution in [3.8, 4) is 5.75 Å². The molecule has 1 amide bonds. The van der Waals surface area contributed by atoms with Gasteiger partial charge >= 0.3 is 5.97 Å². The largest absolute Gasteiger partial charge is 0.494 e. The summed E-state index contributed by atoms with van der Waals surface area (Å²) in [6.07, 6.45) is 0. The highest BCUT2D eigenvalue weighted by molar-refractivity contribution is 8.32. The summed E-state index contributed by atoms with van der Waals surface area (Å²) in [6, 6.07) is 23.5. The lowest BCUT2D eigenvalue weighted by atomic mass is 9.82. The zero-order valence-electron chi connectivity index (χ0n) is 26.1. The fraction of sp³-hybridized carbons (Fsp3) is 0.306. The molecule has 0 fully saturated rings. The van der Waals surface area contributed by atoms with Crippen molar-refractivity contribution in [1.82, 2.24) is 0 Å². The first-order chi connectivity index (χ1) is 20.9. The maximum absolute atomic E-state index is 14.3. The molecular weight excluding hydrogens is 607 g/mol. The minimum absolute atomic E-state index is 0.0252. The molecule has 3 aromatic carbocycles. The Kier molecular flexibility index (Phi) is 9.17. The van der Waals surface area contributed by atoms with Gasteiger partial charge in [0.1, 0.15) is 10.7 Å². The number of hydrogen-bond donors (Lipinski definition) is 0. The Hall–Kier alpha value is -3.33. The normalized spacial score (nSPS) is 17.9. The molecule has 0 N–H and O–H groups in total. The molecule has 0 atom stereocenters. The number of amides is 1. The zero-order valence-corrected chi connectivity index (χ0v) is 28.6. The minimum atomic E-state index is -0.849. The molecule has 0 saturated carbocycles. The summed E-state index contributed by atoms with van der Waals surface area (Å²) in [4.78, 5) is 31.3. The number of thiocarbonyl (C=S) groups is 1. The molecule has 3 aromatic rings. The lowest BCUT2D eigenvalue weighted by molar-refractivity contribution is -0.137. The number of anilines is 1. The summed E-state index contributed by atoms with van der Waals surface area (Å²) >= 11 is 9.16. The lowest BCUT2D eigenvalue weighted by Crippen LogP contribution is -2.56. The summed E-state index contributed by atoms with van der Waals surface area (Å²) in [7, 11) is 0. The van der Waals surface area contributed by atoms with Crippen molar-refractivity contribution < 1.29 is 19.1 Å². The molecule has 0 bridgehead atoms. The Labute approximate surface area is 274 Å². The molecule has 5 nitrogen and oxygen atoms in total. The first-order valence-corrected chi connectivity index (χ1v) is 16.8. The molecule has 0 aliphatic carbocycles. The van der Waals surface area contributed by atoms with Gasteiger partial charge in [0.25, 0.3) is 5.91 Å². The highest BCUT2D eigenvalue weighted by atomic mass is 32.2. The second kappa shape index (κ2) is 12.6. The summed E-state index contributed by atoms with van der Waals surface area (Å²) in [5, 5.41) is 0. The van der Waals surface area contributed by atoms with E-state index in [2.05, 4.69) is 20.8 Å². The predicted octanol–water partition coefficient (Wildman–Crippen LogP) is 9.27. The van der Waals surface area contributed by atoms with Gasteiger partial charge in [-0.1, -0.05) is 99.0 Å². The molecule has 2 aliphatic heterocycles. The van der Waals surface area contributed by atoms with E-state index in [9.17, 15) is 9.59 Å². The van der Waals surface area contributed by atoms with Crippen molar-refractivity contribution in [3.63, 3.8) is 0 Å². The fourth-order valence-corrected chi connectivity index (χ4v) is 8.45. The van der Waals surface area contributed by atoms with Crippen LogP contribution in [-0.2, 0) is 14.9 Å². The van der Waals surface area contributed by atoms with Crippen LogP contribution < -0.4 is 9.64 Å². The van der Waals surface area contributed by atoms with E-state index >= 15 is 0 Å². The van der Waals surface area contributed by atoms with Crippen molar-refractivity contribution in [1.29, 1.82) is 0 Å². The van der Waals surface area contributed by atoms with Crippen LogP contribution in [0.5, 0.6) is 5.75 Å². The van der Waals surface area contributed by atoms with Gasteiger partial charge in [-0.2, -0.15) is 0 Å². The number of benzene rings is 3. The average molecular weight is 644 g/mol. The Morgan fingerprint density at radius 3 is 2.20 bits per heavy atom. The molecule has 8 heteroatoms. The summed E-state index contributed by atoms with van der Waals surface area (Å²) < 4.78 is 12.3. The highest BCUT2D eigenvalue weighted by Crippen LogP contribution is 2.59.